The minimum atomic E-state index is 0.0337. The lowest BCUT2D eigenvalue weighted by Crippen LogP contribution is -2.15. The van der Waals surface area contributed by atoms with Crippen LogP contribution in [0.4, 0.5) is 0 Å². The van der Waals surface area contributed by atoms with Crippen LogP contribution >= 0.6 is 0 Å². The fourth-order valence-corrected chi connectivity index (χ4v) is 2.72. The second-order valence-corrected chi connectivity index (χ2v) is 5.78. The van der Waals surface area contributed by atoms with Gasteiger partial charge in [0.2, 0.25) is 0 Å². The summed E-state index contributed by atoms with van der Waals surface area (Å²) in [6.07, 6.45) is 5.96. The molecule has 0 aliphatic rings. The third-order valence-corrected chi connectivity index (χ3v) is 3.58. The first kappa shape index (κ1) is 16.7. The van der Waals surface area contributed by atoms with Crippen LogP contribution in [-0.4, -0.2) is 16.8 Å². The van der Waals surface area contributed by atoms with Crippen LogP contribution in [0.1, 0.15) is 52.9 Å². The summed E-state index contributed by atoms with van der Waals surface area (Å²) < 4.78 is 5.74. The van der Waals surface area contributed by atoms with Gasteiger partial charge in [0.15, 0.2) is 0 Å². The van der Waals surface area contributed by atoms with Crippen LogP contribution in [0.15, 0.2) is 18.2 Å². The molecule has 2 unspecified atom stereocenters. The maximum atomic E-state index is 9.44. The number of phenols is 2. The average molecular weight is 280 g/mol. The van der Waals surface area contributed by atoms with E-state index in [0.717, 1.165) is 18.8 Å². The molecule has 2 N–H and O–H groups in total. The Kier molecular flexibility index (Phi) is 7.27. The molecular weight excluding hydrogens is 252 g/mol. The Hall–Kier alpha value is -1.38. The van der Waals surface area contributed by atoms with Crippen LogP contribution in [0.2, 0.25) is 0 Å². The summed E-state index contributed by atoms with van der Waals surface area (Å²) in [6.45, 7) is 7.35. The highest BCUT2D eigenvalue weighted by Crippen LogP contribution is 2.27. The Morgan fingerprint density at radius 1 is 1.00 bits per heavy atom. The van der Waals surface area contributed by atoms with Gasteiger partial charge in [0.05, 0.1) is 6.61 Å². The van der Waals surface area contributed by atoms with Crippen molar-refractivity contribution in [3.8, 4) is 17.2 Å². The molecule has 1 aromatic rings. The Morgan fingerprint density at radius 2 is 1.60 bits per heavy atom. The monoisotopic (exact) mass is 280 g/mol. The highest BCUT2D eigenvalue weighted by molar-refractivity contribution is 5.40. The second-order valence-electron chi connectivity index (χ2n) is 5.78. The quantitative estimate of drug-likeness (QED) is 0.688. The van der Waals surface area contributed by atoms with E-state index in [9.17, 15) is 10.2 Å². The number of hydrogen-bond donors (Lipinski definition) is 2. The number of phenolic OH excluding ortho intramolecular Hbond substituents is 2. The average Bonchev–Trinajstić information content (AvgIpc) is 2.35. The number of rotatable bonds is 9. The van der Waals surface area contributed by atoms with Crippen molar-refractivity contribution in [1.82, 2.24) is 0 Å². The van der Waals surface area contributed by atoms with Gasteiger partial charge in [0, 0.05) is 18.2 Å². The van der Waals surface area contributed by atoms with Crippen LogP contribution in [0.5, 0.6) is 17.2 Å². The summed E-state index contributed by atoms with van der Waals surface area (Å²) in [4.78, 5) is 0. The lowest BCUT2D eigenvalue weighted by atomic mass is 9.90. The van der Waals surface area contributed by atoms with Gasteiger partial charge in [-0.05, 0) is 24.7 Å². The normalized spacial score (nSPS) is 13.9. The fraction of sp³-hybridized carbons (Fsp3) is 0.647. The molecule has 0 aliphatic carbocycles. The summed E-state index contributed by atoms with van der Waals surface area (Å²) in [5.74, 6) is 1.85. The molecule has 3 heteroatoms. The molecule has 0 heterocycles. The van der Waals surface area contributed by atoms with Crippen molar-refractivity contribution in [2.45, 2.75) is 52.9 Å². The molecule has 0 saturated heterocycles. The number of ether oxygens (including phenoxy) is 1. The van der Waals surface area contributed by atoms with E-state index in [1.807, 2.05) is 0 Å². The van der Waals surface area contributed by atoms with Crippen molar-refractivity contribution in [1.29, 1.82) is 0 Å². The molecule has 2 atom stereocenters. The third-order valence-electron chi connectivity index (χ3n) is 3.58. The molecule has 1 aromatic carbocycles. The molecule has 20 heavy (non-hydrogen) atoms. The van der Waals surface area contributed by atoms with Gasteiger partial charge in [-0.2, -0.15) is 0 Å². The van der Waals surface area contributed by atoms with Crippen LogP contribution in [0.3, 0.4) is 0 Å². The minimum absolute atomic E-state index is 0.0337. The predicted molar refractivity (Wildman–Crippen MR) is 82.4 cm³/mol. The molecule has 0 fully saturated rings. The molecule has 0 bridgehead atoms. The molecule has 114 valence electrons. The highest BCUT2D eigenvalue weighted by atomic mass is 16.5. The van der Waals surface area contributed by atoms with Gasteiger partial charge in [-0.25, -0.2) is 0 Å². The molecule has 0 aliphatic heterocycles. The van der Waals surface area contributed by atoms with Gasteiger partial charge >= 0.3 is 0 Å². The zero-order chi connectivity index (χ0) is 15.0. The molecule has 0 spiro atoms. The van der Waals surface area contributed by atoms with E-state index in [1.54, 1.807) is 0 Å². The van der Waals surface area contributed by atoms with Crippen molar-refractivity contribution >= 4 is 0 Å². The number of aromatic hydroxyl groups is 2. The van der Waals surface area contributed by atoms with E-state index in [-0.39, 0.29) is 11.5 Å². The maximum Gasteiger partial charge on any atom is 0.126 e. The Balaban J connectivity index is 2.52. The SMILES string of the molecule is CCCC(C)CC(CCC)COc1cc(O)cc(O)c1. The first-order chi connectivity index (χ1) is 9.55. The molecule has 0 aromatic heterocycles. The van der Waals surface area contributed by atoms with Crippen molar-refractivity contribution in [3.05, 3.63) is 18.2 Å². The number of benzene rings is 1. The third kappa shape index (κ3) is 6.18. The first-order valence-electron chi connectivity index (χ1n) is 7.70. The second kappa shape index (κ2) is 8.72. The molecular formula is C17H28O3. The van der Waals surface area contributed by atoms with Crippen molar-refractivity contribution < 1.29 is 14.9 Å². The first-order valence-corrected chi connectivity index (χ1v) is 7.70. The molecule has 0 saturated carbocycles. The van der Waals surface area contributed by atoms with E-state index in [4.69, 9.17) is 4.74 Å². The lowest BCUT2D eigenvalue weighted by Gasteiger charge is -2.21. The highest BCUT2D eigenvalue weighted by Gasteiger charge is 2.13. The van der Waals surface area contributed by atoms with Crippen molar-refractivity contribution in [2.24, 2.45) is 11.8 Å². The molecule has 3 nitrogen and oxygen atoms in total. The summed E-state index contributed by atoms with van der Waals surface area (Å²) >= 11 is 0. The fourth-order valence-electron chi connectivity index (χ4n) is 2.72. The van der Waals surface area contributed by atoms with Crippen molar-refractivity contribution in [3.63, 3.8) is 0 Å². The van der Waals surface area contributed by atoms with Gasteiger partial charge in [0.1, 0.15) is 17.2 Å². The zero-order valence-corrected chi connectivity index (χ0v) is 12.9. The summed E-state index contributed by atoms with van der Waals surface area (Å²) in [5.41, 5.74) is 0. The summed E-state index contributed by atoms with van der Waals surface area (Å²) in [6, 6.07) is 4.39. The Morgan fingerprint density at radius 3 is 2.15 bits per heavy atom. The van der Waals surface area contributed by atoms with Crippen LogP contribution < -0.4 is 4.74 Å². The lowest BCUT2D eigenvalue weighted by molar-refractivity contribution is 0.209. The molecule has 1 rings (SSSR count). The minimum Gasteiger partial charge on any atom is -0.508 e. The predicted octanol–water partition coefficient (Wildman–Crippen LogP) is 4.72. The van der Waals surface area contributed by atoms with Gasteiger partial charge in [0.25, 0.3) is 0 Å². The topological polar surface area (TPSA) is 49.7 Å². The summed E-state index contributed by atoms with van der Waals surface area (Å²) in [7, 11) is 0. The van der Waals surface area contributed by atoms with Crippen LogP contribution in [0.25, 0.3) is 0 Å². The largest absolute Gasteiger partial charge is 0.508 e. The van der Waals surface area contributed by atoms with Gasteiger partial charge in [-0.3, -0.25) is 0 Å². The zero-order valence-electron chi connectivity index (χ0n) is 12.9. The molecule has 0 amide bonds. The Labute approximate surface area is 122 Å². The van der Waals surface area contributed by atoms with Gasteiger partial charge in [-0.15, -0.1) is 0 Å². The van der Waals surface area contributed by atoms with Crippen LogP contribution in [0, 0.1) is 11.8 Å². The van der Waals surface area contributed by atoms with E-state index in [0.29, 0.717) is 18.3 Å². The van der Waals surface area contributed by atoms with E-state index in [1.165, 1.54) is 37.5 Å². The maximum absolute atomic E-state index is 9.44. The van der Waals surface area contributed by atoms with Gasteiger partial charge < -0.3 is 14.9 Å². The number of hydrogen-bond acceptors (Lipinski definition) is 3. The van der Waals surface area contributed by atoms with E-state index >= 15 is 0 Å². The van der Waals surface area contributed by atoms with E-state index < -0.39 is 0 Å². The Bertz CT molecular complexity index is 370. The standard InChI is InChI=1S/C17H28O3/c1-4-6-13(3)8-14(7-5-2)12-20-17-10-15(18)9-16(19)11-17/h9-11,13-14,18-19H,4-8,12H2,1-3H3. The van der Waals surface area contributed by atoms with Crippen molar-refractivity contribution in [2.75, 3.05) is 6.61 Å². The summed E-state index contributed by atoms with van der Waals surface area (Å²) in [5, 5.41) is 18.9. The molecule has 0 radical (unpaired) electrons. The van der Waals surface area contributed by atoms with Crippen LogP contribution in [-0.2, 0) is 0 Å². The van der Waals surface area contributed by atoms with Gasteiger partial charge in [-0.1, -0.05) is 40.0 Å². The smallest absolute Gasteiger partial charge is 0.126 e. The van der Waals surface area contributed by atoms with E-state index in [2.05, 4.69) is 20.8 Å².